The number of nitrogens with two attached hydrogens (primary N) is 3. The molecule has 6 aromatic heterocycles. The summed E-state index contributed by atoms with van der Waals surface area (Å²) in [6.45, 7) is 8.33. The third-order valence-corrected chi connectivity index (χ3v) is 20.3. The quantitative estimate of drug-likeness (QED) is 0.0102. The molecule has 10 rings (SSSR count). The van der Waals surface area contributed by atoms with E-state index in [2.05, 4.69) is 89.5 Å². The van der Waals surface area contributed by atoms with Crippen LogP contribution in [0, 0.1) is 47.4 Å². The first kappa shape index (κ1) is 91.2. The van der Waals surface area contributed by atoms with E-state index in [-0.39, 0.29) is 47.6 Å². The van der Waals surface area contributed by atoms with Gasteiger partial charge in [-0.3, -0.25) is 32.5 Å². The number of carbonyl (C=O) groups excluding carboxylic acids is 5. The number of hydrogen-bond donors (Lipinski definition) is 9. The number of ether oxygens (including phenoxy) is 10. The second-order valence-electron chi connectivity index (χ2n) is 25.3. The van der Waals surface area contributed by atoms with Crippen molar-refractivity contribution in [2.24, 2.45) is 11.8 Å². The second kappa shape index (κ2) is 37.7. The molecule has 4 aliphatic rings. The first-order valence-electron chi connectivity index (χ1n) is 34.1. The van der Waals surface area contributed by atoms with E-state index in [0.29, 0.717) is 16.2 Å². The highest BCUT2D eigenvalue weighted by Crippen LogP contribution is 2.61. The van der Waals surface area contributed by atoms with Gasteiger partial charge >= 0.3 is 53.6 Å². The Morgan fingerprint density at radius 3 is 1.28 bits per heavy atom. The number of anilines is 3. The molecule has 13 atom stereocenters. The summed E-state index contributed by atoms with van der Waals surface area (Å²) < 4.78 is 180. The fourth-order valence-corrected chi connectivity index (χ4v) is 14.2. The Labute approximate surface area is 651 Å². The minimum absolute atomic E-state index is 0.0451. The van der Waals surface area contributed by atoms with Crippen LogP contribution in [0.2, 0.25) is 0 Å². The van der Waals surface area contributed by atoms with E-state index in [1.807, 2.05) is 0 Å². The molecule has 50 heteroatoms. The number of aliphatic hydroxyl groups excluding tert-OH is 2. The summed E-state index contributed by atoms with van der Waals surface area (Å²) in [4.78, 5) is 82.0. The van der Waals surface area contributed by atoms with Crippen molar-refractivity contribution in [2.45, 2.75) is 154 Å². The van der Waals surface area contributed by atoms with Crippen molar-refractivity contribution in [1.29, 1.82) is 0 Å². The summed E-state index contributed by atoms with van der Waals surface area (Å²) in [6.07, 6.45) is -6.71. The Morgan fingerprint density at radius 2 is 0.930 bits per heavy atom. The van der Waals surface area contributed by atoms with Gasteiger partial charge in [-0.1, -0.05) is 45.5 Å². The summed E-state index contributed by atoms with van der Waals surface area (Å²) in [7, 11) is -14.0. The largest absolute Gasteiger partial charge is 0.510 e. The number of halogens is 3. The van der Waals surface area contributed by atoms with Gasteiger partial charge in [0.15, 0.2) is 37.0 Å². The standard InChI is InChI=1S/C24H32FN4O11P.C22H28FN4O13P.C19H23FN5O7P/c1-6-8-23(33)21(32)24(25,40-22(23)29-9-7-16-17(26)27-11-28-18(16)29)10-37-41(34,38-12-35-19(30)14(2)3)39-13-36-20(31)15(4)5;1-4-8-21(31)17(28)22(23,40-18(21)27-9-7-14-15(24)25-11-26-16(14)27)10-37-41(32,38-12-35-19(29)33-5-2)39-13-36-20(30)34-6-3;1-4-6-18(27)16-19(20,9-29-33(28,32-16)24-8-13(26)30-11(2)3)31-17(18)25-7-5-12-14(21)22-10-23-15(12)25/h7,9,11,14-15,21-22,32-33H,10,12-13H2,1-5H3,(H2,26,27,28);7,9,11,17-18,28,31H,5-6,10,12-13H2,1-3H3,(H2,24,25,26);5,7,10-11,16-17,27H,8-9H2,1-3H3,(H,24,28)(H2,21,22,23)/t21-,22+,23+,24+;17-,18+,21+,22+;16-,17+,18+,19+,33?/m000/s1. The Kier molecular flexibility index (Phi) is 29.9. The molecule has 4 aliphatic heterocycles. The summed E-state index contributed by atoms with van der Waals surface area (Å²) in [5.74, 6) is 2.36. The summed E-state index contributed by atoms with van der Waals surface area (Å²) in [6, 6.07) is 4.53. The highest BCUT2D eigenvalue weighted by molar-refractivity contribution is 7.51. The van der Waals surface area contributed by atoms with Crippen molar-refractivity contribution in [3.05, 3.63) is 55.8 Å². The number of nitrogens with zero attached hydrogens (tertiary/aromatic N) is 9. The Bertz CT molecular complexity index is 4800. The molecule has 0 aliphatic carbocycles. The lowest BCUT2D eigenvalue weighted by atomic mass is 9.93. The lowest BCUT2D eigenvalue weighted by Gasteiger charge is -2.37. The van der Waals surface area contributed by atoms with E-state index in [1.54, 1.807) is 19.9 Å². The third kappa shape index (κ3) is 20.7. The molecular weight excluding hydrogens is 1610 g/mol. The summed E-state index contributed by atoms with van der Waals surface area (Å²) in [5, 5.41) is 59.3. The van der Waals surface area contributed by atoms with Gasteiger partial charge in [0.25, 0.3) is 17.6 Å². The fraction of sp³-hybridized carbons (Fsp3) is 0.554. The number of esters is 3. The number of rotatable bonds is 29. The topological polar surface area (TPSA) is 586 Å². The van der Waals surface area contributed by atoms with Crippen LogP contribution < -0.4 is 22.3 Å². The minimum Gasteiger partial charge on any atom is -0.462 e. The van der Waals surface area contributed by atoms with E-state index >= 15 is 13.2 Å². The number of carbonyl (C=O) groups is 5. The lowest BCUT2D eigenvalue weighted by Crippen LogP contribution is -2.54. The zero-order valence-corrected chi connectivity index (χ0v) is 65.7. The van der Waals surface area contributed by atoms with Gasteiger partial charge in [0, 0.05) is 18.6 Å². The molecular formula is C65H83F3N13O31P3. The van der Waals surface area contributed by atoms with Crippen LogP contribution in [0.3, 0.4) is 0 Å². The first-order valence-corrected chi connectivity index (χ1v) is 38.6. The van der Waals surface area contributed by atoms with Gasteiger partial charge in [-0.05, 0) is 66.7 Å². The second-order valence-corrected chi connectivity index (χ2v) is 30.4. The Hall–Kier alpha value is -9.31. The van der Waals surface area contributed by atoms with Crippen molar-refractivity contribution < 1.29 is 160 Å². The molecule has 630 valence electrons. The van der Waals surface area contributed by atoms with Crippen LogP contribution in [0.4, 0.5) is 40.2 Å². The van der Waals surface area contributed by atoms with E-state index in [4.69, 9.17) is 81.8 Å². The number of alkyl halides is 3. The zero-order valence-electron chi connectivity index (χ0n) is 63.0. The average molecular weight is 1690 g/mol. The number of phosphoric ester groups is 2. The molecule has 4 saturated heterocycles. The van der Waals surface area contributed by atoms with Crippen LogP contribution in [0.25, 0.3) is 33.1 Å². The molecule has 115 heavy (non-hydrogen) atoms. The van der Waals surface area contributed by atoms with Crippen LogP contribution in [-0.4, -0.2) is 225 Å². The van der Waals surface area contributed by atoms with Gasteiger partial charge in [-0.25, -0.2) is 89.5 Å². The lowest BCUT2D eigenvalue weighted by molar-refractivity contribution is -0.214. The molecule has 12 N–H and O–H groups in total. The maximum absolute atomic E-state index is 16.2. The number of nitrogen functional groups attached to an aromatic ring is 3. The van der Waals surface area contributed by atoms with Crippen molar-refractivity contribution >= 4 is 104 Å². The van der Waals surface area contributed by atoms with Gasteiger partial charge in [-0.15, -0.1) is 17.8 Å². The summed E-state index contributed by atoms with van der Waals surface area (Å²) in [5.41, 5.74) is 10.6. The van der Waals surface area contributed by atoms with Gasteiger partial charge in [0.1, 0.15) is 79.7 Å². The van der Waals surface area contributed by atoms with Gasteiger partial charge in [0.2, 0.25) is 44.0 Å². The number of phosphoric acid groups is 2. The molecule has 0 spiro atoms. The smallest absolute Gasteiger partial charge is 0.462 e. The molecule has 4 fully saturated rings. The molecule has 0 amide bonds. The molecule has 0 aromatic carbocycles. The first-order chi connectivity index (χ1) is 54.1. The van der Waals surface area contributed by atoms with Crippen LogP contribution in [-0.2, 0) is 112 Å². The number of aromatic nitrogens is 9. The maximum Gasteiger partial charge on any atom is 0.510 e. The fourth-order valence-electron chi connectivity index (χ4n) is 10.9. The van der Waals surface area contributed by atoms with Crippen LogP contribution >= 0.6 is 23.4 Å². The van der Waals surface area contributed by atoms with Crippen molar-refractivity contribution in [2.75, 3.05) is 84.0 Å². The molecule has 0 saturated carbocycles. The van der Waals surface area contributed by atoms with Crippen molar-refractivity contribution in [3.8, 4) is 35.5 Å². The number of hydrogen-bond acceptors (Lipinski definition) is 40. The third-order valence-electron chi connectivity index (χ3n) is 16.2. The van der Waals surface area contributed by atoms with Gasteiger partial charge in [0.05, 0.1) is 47.3 Å². The monoisotopic (exact) mass is 1690 g/mol. The number of nitrogens with one attached hydrogen (secondary N) is 1. The van der Waals surface area contributed by atoms with Crippen LogP contribution in [0.5, 0.6) is 0 Å². The van der Waals surface area contributed by atoms with E-state index in [1.165, 1.54) is 108 Å². The predicted octanol–water partition coefficient (Wildman–Crippen LogP) is 4.56. The van der Waals surface area contributed by atoms with E-state index in [9.17, 15) is 63.2 Å². The van der Waals surface area contributed by atoms with Gasteiger partial charge in [-0.2, -0.15) is 0 Å². The highest BCUT2D eigenvalue weighted by Gasteiger charge is 2.71. The average Bonchev–Trinajstić information content (AvgIpc) is 1.59. The summed E-state index contributed by atoms with van der Waals surface area (Å²) >= 11 is 0. The molecule has 0 radical (unpaired) electrons. The van der Waals surface area contributed by atoms with E-state index in [0.717, 1.165) is 17.2 Å². The number of fused-ring (bicyclic) bond motifs is 4. The maximum atomic E-state index is 16.2. The minimum atomic E-state index is -4.93. The predicted molar refractivity (Wildman–Crippen MR) is 382 cm³/mol. The normalized spacial score (nSPS) is 26.9. The molecule has 1 unspecified atom stereocenters. The highest BCUT2D eigenvalue weighted by atomic mass is 31.2. The molecule has 10 heterocycles. The molecule has 6 aromatic rings. The van der Waals surface area contributed by atoms with Gasteiger partial charge < -0.3 is 104 Å². The van der Waals surface area contributed by atoms with Crippen LogP contribution in [0.1, 0.15) is 94.8 Å². The molecule has 0 bridgehead atoms. The zero-order chi connectivity index (χ0) is 84.9. The van der Waals surface area contributed by atoms with E-state index < -0.39 is 196 Å². The number of aliphatic hydroxyl groups is 5. The molecule has 44 nitrogen and oxygen atoms in total. The van der Waals surface area contributed by atoms with Crippen molar-refractivity contribution in [3.63, 3.8) is 0 Å². The van der Waals surface area contributed by atoms with Crippen LogP contribution in [0.15, 0.2) is 55.8 Å². The SMILES string of the molecule is CC#C[C@]1(O)[C@H](n2ccc3c(N)ncnc32)O[C@](F)(COP(=O)(OCOC(=O)C(C)C)OCOC(=O)C(C)C)[C@H]1O.CC#C[C@]1(O)[C@H](n2ccc3c(N)ncnc32)O[C@](F)(COP(=O)(OCOC(=O)OCC)OCOC(=O)OCC)[C@H]1O.CC#C[C@]1(O)[C@H](n2ccc3c(N)ncnc32)O[C@]2(F)COP(=O)(NCC(=O)OC(C)C)O[C@@H]12. The van der Waals surface area contributed by atoms with Crippen molar-refractivity contribution in [1.82, 2.24) is 48.7 Å². The Balaban J connectivity index is 0.000000217. The Morgan fingerprint density at radius 1 is 0.574 bits per heavy atom.